The lowest BCUT2D eigenvalue weighted by molar-refractivity contribution is -0.149. The van der Waals surface area contributed by atoms with Crippen LogP contribution in [0.25, 0.3) is 0 Å². The minimum Gasteiger partial charge on any atom is -0.469 e. The van der Waals surface area contributed by atoms with E-state index in [1.165, 1.54) is 7.11 Å². The van der Waals surface area contributed by atoms with E-state index < -0.39 is 8.32 Å². The molecule has 0 heterocycles. The summed E-state index contributed by atoms with van der Waals surface area (Å²) in [4.78, 5) is 11.7. The molecule has 7 heteroatoms. The van der Waals surface area contributed by atoms with Crippen molar-refractivity contribution in [3.05, 3.63) is 0 Å². The standard InChI is InChI=1S/C19H36O6Si/c1-9-10-16(25-26(7,8)19(2,3)4)13-17(14-18(20)22-6)24-15-23-12-11-21-5/h1,16-17H,10-15H2,2-8H3/t16-,17-/m0/s1. The van der Waals surface area contributed by atoms with Crippen LogP contribution in [0.3, 0.4) is 0 Å². The van der Waals surface area contributed by atoms with Crippen molar-refractivity contribution in [2.75, 3.05) is 34.2 Å². The van der Waals surface area contributed by atoms with Crippen LogP contribution in [0.2, 0.25) is 18.1 Å². The Morgan fingerprint density at radius 1 is 1.15 bits per heavy atom. The molecular formula is C19H36O6Si. The highest BCUT2D eigenvalue weighted by molar-refractivity contribution is 6.74. The molecule has 0 amide bonds. The van der Waals surface area contributed by atoms with E-state index in [0.29, 0.717) is 26.1 Å². The summed E-state index contributed by atoms with van der Waals surface area (Å²) in [5, 5.41) is 0.0712. The normalized spacial score (nSPS) is 14.5. The third kappa shape index (κ3) is 10.3. The van der Waals surface area contributed by atoms with Crippen LogP contribution in [0.4, 0.5) is 0 Å². The van der Waals surface area contributed by atoms with E-state index in [0.717, 1.165) is 0 Å². The minimum absolute atomic E-state index is 0.0712. The number of esters is 1. The Bertz CT molecular complexity index is 438. The van der Waals surface area contributed by atoms with E-state index >= 15 is 0 Å². The van der Waals surface area contributed by atoms with Crippen molar-refractivity contribution in [2.45, 2.75) is 70.4 Å². The number of terminal acetylenes is 1. The van der Waals surface area contributed by atoms with Crippen LogP contribution in [0.1, 0.15) is 40.0 Å². The van der Waals surface area contributed by atoms with E-state index in [4.69, 9.17) is 29.8 Å². The lowest BCUT2D eigenvalue weighted by Crippen LogP contribution is -2.44. The Balaban J connectivity index is 4.90. The van der Waals surface area contributed by atoms with Crippen LogP contribution in [0, 0.1) is 12.3 Å². The molecule has 2 atom stereocenters. The molecular weight excluding hydrogens is 352 g/mol. The van der Waals surface area contributed by atoms with Gasteiger partial charge in [0.25, 0.3) is 0 Å². The molecule has 0 bridgehead atoms. The van der Waals surface area contributed by atoms with Crippen LogP contribution in [0.15, 0.2) is 0 Å². The Morgan fingerprint density at radius 3 is 2.31 bits per heavy atom. The van der Waals surface area contributed by atoms with Gasteiger partial charge in [-0.2, -0.15) is 0 Å². The van der Waals surface area contributed by atoms with Gasteiger partial charge in [-0.3, -0.25) is 4.79 Å². The average Bonchev–Trinajstić information content (AvgIpc) is 2.53. The fraction of sp³-hybridized carbons (Fsp3) is 0.842. The number of carbonyl (C=O) groups is 1. The fourth-order valence-corrected chi connectivity index (χ4v) is 3.38. The molecule has 0 rings (SSSR count). The summed E-state index contributed by atoms with van der Waals surface area (Å²) in [6.45, 7) is 11.9. The van der Waals surface area contributed by atoms with Crippen molar-refractivity contribution in [3.8, 4) is 12.3 Å². The molecule has 0 aliphatic heterocycles. The predicted octanol–water partition coefficient (Wildman–Crippen LogP) is 3.36. The average molecular weight is 389 g/mol. The molecule has 0 saturated carbocycles. The molecule has 0 unspecified atom stereocenters. The molecule has 0 fully saturated rings. The van der Waals surface area contributed by atoms with Gasteiger partial charge < -0.3 is 23.4 Å². The summed E-state index contributed by atoms with van der Waals surface area (Å²) < 4.78 is 27.2. The van der Waals surface area contributed by atoms with Crippen molar-refractivity contribution in [3.63, 3.8) is 0 Å². The van der Waals surface area contributed by atoms with Crippen molar-refractivity contribution in [1.82, 2.24) is 0 Å². The van der Waals surface area contributed by atoms with Crippen molar-refractivity contribution >= 4 is 14.3 Å². The summed E-state index contributed by atoms with van der Waals surface area (Å²) in [6.07, 6.45) is 6.09. The smallest absolute Gasteiger partial charge is 0.308 e. The van der Waals surface area contributed by atoms with E-state index in [2.05, 4.69) is 39.8 Å². The summed E-state index contributed by atoms with van der Waals surface area (Å²) in [7, 11) is 0.980. The second-order valence-corrected chi connectivity index (χ2v) is 12.5. The Hall–Kier alpha value is -0.913. The number of hydrogen-bond donors (Lipinski definition) is 0. The number of hydrogen-bond acceptors (Lipinski definition) is 6. The van der Waals surface area contributed by atoms with Gasteiger partial charge in [0, 0.05) is 20.0 Å². The topological polar surface area (TPSA) is 63.2 Å². The van der Waals surface area contributed by atoms with Gasteiger partial charge in [-0.15, -0.1) is 12.3 Å². The molecule has 0 aliphatic rings. The van der Waals surface area contributed by atoms with Gasteiger partial charge in [-0.1, -0.05) is 20.8 Å². The molecule has 0 aromatic heterocycles. The summed E-state index contributed by atoms with van der Waals surface area (Å²) in [6, 6.07) is 0. The zero-order valence-electron chi connectivity index (χ0n) is 17.4. The quantitative estimate of drug-likeness (QED) is 0.158. The second kappa shape index (κ2) is 12.5. The number of carbonyl (C=O) groups excluding carboxylic acids is 1. The molecule has 152 valence electrons. The SMILES string of the molecule is C#CC[C@@H](C[C@@H](CC(=O)OC)OCOCCOC)O[Si](C)(C)C(C)(C)C. The van der Waals surface area contributed by atoms with Crippen molar-refractivity contribution in [2.24, 2.45) is 0 Å². The molecule has 0 saturated heterocycles. The Kier molecular flexibility index (Phi) is 12.0. The third-order valence-electron chi connectivity index (χ3n) is 4.58. The van der Waals surface area contributed by atoms with Crippen LogP contribution in [-0.2, 0) is 28.2 Å². The molecule has 26 heavy (non-hydrogen) atoms. The highest BCUT2D eigenvalue weighted by Gasteiger charge is 2.39. The molecule has 0 aliphatic carbocycles. The van der Waals surface area contributed by atoms with Gasteiger partial charge in [-0.05, 0) is 18.1 Å². The van der Waals surface area contributed by atoms with Gasteiger partial charge in [0.05, 0.1) is 39.0 Å². The Morgan fingerprint density at radius 2 is 1.81 bits per heavy atom. The summed E-state index contributed by atoms with van der Waals surface area (Å²) >= 11 is 0. The van der Waals surface area contributed by atoms with Crippen molar-refractivity contribution in [1.29, 1.82) is 0 Å². The molecule has 0 N–H and O–H groups in total. The molecule has 0 aromatic carbocycles. The van der Waals surface area contributed by atoms with E-state index in [-0.39, 0.29) is 36.4 Å². The lowest BCUT2D eigenvalue weighted by atomic mass is 10.1. The second-order valence-electron chi connectivity index (χ2n) is 7.73. The van der Waals surface area contributed by atoms with E-state index in [9.17, 15) is 4.79 Å². The minimum atomic E-state index is -1.98. The largest absolute Gasteiger partial charge is 0.469 e. The number of methoxy groups -OCH3 is 2. The number of ether oxygens (including phenoxy) is 4. The first-order chi connectivity index (χ1) is 12.1. The lowest BCUT2D eigenvalue weighted by Gasteiger charge is -2.39. The van der Waals surface area contributed by atoms with Crippen molar-refractivity contribution < 1.29 is 28.2 Å². The van der Waals surface area contributed by atoms with Crippen LogP contribution in [0.5, 0.6) is 0 Å². The predicted molar refractivity (Wildman–Crippen MR) is 104 cm³/mol. The summed E-state index contributed by atoms with van der Waals surface area (Å²) in [5.74, 6) is 2.34. The third-order valence-corrected chi connectivity index (χ3v) is 9.11. The maximum absolute atomic E-state index is 11.7. The summed E-state index contributed by atoms with van der Waals surface area (Å²) in [5.41, 5.74) is 0. The molecule has 0 spiro atoms. The fourth-order valence-electron chi connectivity index (χ4n) is 2.02. The molecule has 6 nitrogen and oxygen atoms in total. The molecule has 0 aromatic rings. The number of rotatable bonds is 13. The van der Waals surface area contributed by atoms with Crippen LogP contribution in [-0.4, -0.2) is 60.7 Å². The van der Waals surface area contributed by atoms with Crippen LogP contribution >= 0.6 is 0 Å². The highest BCUT2D eigenvalue weighted by atomic mass is 28.4. The zero-order valence-corrected chi connectivity index (χ0v) is 18.4. The van der Waals surface area contributed by atoms with E-state index in [1.54, 1.807) is 7.11 Å². The first-order valence-corrected chi connectivity index (χ1v) is 11.8. The zero-order chi connectivity index (χ0) is 20.2. The monoisotopic (exact) mass is 388 g/mol. The maximum atomic E-state index is 11.7. The highest BCUT2D eigenvalue weighted by Crippen LogP contribution is 2.38. The first-order valence-electron chi connectivity index (χ1n) is 8.93. The van der Waals surface area contributed by atoms with Gasteiger partial charge in [0.15, 0.2) is 8.32 Å². The van der Waals surface area contributed by atoms with Gasteiger partial charge in [0.1, 0.15) is 6.79 Å². The maximum Gasteiger partial charge on any atom is 0.308 e. The van der Waals surface area contributed by atoms with Gasteiger partial charge in [0.2, 0.25) is 0 Å². The van der Waals surface area contributed by atoms with E-state index in [1.807, 2.05) is 0 Å². The van der Waals surface area contributed by atoms with Crippen LogP contribution < -0.4 is 0 Å². The molecule has 0 radical (unpaired) electrons. The van der Waals surface area contributed by atoms with Gasteiger partial charge in [-0.25, -0.2) is 0 Å². The Labute approximate surface area is 160 Å². The van der Waals surface area contributed by atoms with Gasteiger partial charge >= 0.3 is 5.97 Å². The first kappa shape index (κ1) is 25.1.